The molecule has 118 valence electrons. The number of hydrogen-bond acceptors (Lipinski definition) is 4. The van der Waals surface area contributed by atoms with Gasteiger partial charge in [-0.25, -0.2) is 13.1 Å². The van der Waals surface area contributed by atoms with Crippen molar-refractivity contribution in [2.24, 2.45) is 0 Å². The summed E-state index contributed by atoms with van der Waals surface area (Å²) in [7, 11) is -3.41. The van der Waals surface area contributed by atoms with Crippen LogP contribution >= 0.6 is 0 Å². The van der Waals surface area contributed by atoms with Crippen LogP contribution in [-0.2, 0) is 10.0 Å². The zero-order valence-corrected chi connectivity index (χ0v) is 13.3. The third kappa shape index (κ3) is 3.96. The van der Waals surface area contributed by atoms with E-state index in [0.29, 0.717) is 6.54 Å². The minimum absolute atomic E-state index is 0.137. The predicted octanol–water partition coefficient (Wildman–Crippen LogP) is 1.73. The van der Waals surface area contributed by atoms with Gasteiger partial charge in [0, 0.05) is 18.8 Å². The maximum atomic E-state index is 12.0. The molecule has 0 saturated carbocycles. The first-order chi connectivity index (χ1) is 10.1. The molecule has 2 rings (SSSR count). The lowest BCUT2D eigenvalue weighted by Gasteiger charge is -2.36. The largest absolute Gasteiger partial charge is 0.394 e. The Morgan fingerprint density at radius 2 is 2.00 bits per heavy atom. The summed E-state index contributed by atoms with van der Waals surface area (Å²) in [6.07, 6.45) is 3.99. The molecule has 1 saturated heterocycles. The van der Waals surface area contributed by atoms with Crippen LogP contribution in [0.3, 0.4) is 0 Å². The number of benzene rings is 1. The average Bonchev–Trinajstić information content (AvgIpc) is 2.53. The van der Waals surface area contributed by atoms with Gasteiger partial charge in [0.1, 0.15) is 0 Å². The molecule has 1 atom stereocenters. The molecular formula is C15H24N2O3S. The van der Waals surface area contributed by atoms with Crippen molar-refractivity contribution >= 4 is 15.7 Å². The zero-order chi connectivity index (χ0) is 15.3. The zero-order valence-electron chi connectivity index (χ0n) is 12.5. The van der Waals surface area contributed by atoms with Crippen LogP contribution < -0.4 is 9.62 Å². The van der Waals surface area contributed by atoms with Crippen molar-refractivity contribution in [2.45, 2.75) is 43.5 Å². The van der Waals surface area contributed by atoms with Gasteiger partial charge < -0.3 is 10.0 Å². The number of anilines is 1. The summed E-state index contributed by atoms with van der Waals surface area (Å²) in [5.74, 6) is 0. The molecule has 0 aromatic heterocycles. The molecule has 1 aliphatic rings. The Hall–Kier alpha value is -1.11. The third-order valence-corrected chi connectivity index (χ3v) is 5.34. The van der Waals surface area contributed by atoms with Gasteiger partial charge in [0.25, 0.3) is 0 Å². The van der Waals surface area contributed by atoms with Gasteiger partial charge >= 0.3 is 0 Å². The minimum Gasteiger partial charge on any atom is -0.394 e. The second-order valence-electron chi connectivity index (χ2n) is 5.42. The highest BCUT2D eigenvalue weighted by Gasteiger charge is 2.22. The molecule has 6 heteroatoms. The first kappa shape index (κ1) is 16.3. The lowest BCUT2D eigenvalue weighted by molar-refractivity contribution is 0.240. The van der Waals surface area contributed by atoms with E-state index in [9.17, 15) is 13.5 Å². The fourth-order valence-electron chi connectivity index (χ4n) is 2.67. The van der Waals surface area contributed by atoms with Crippen molar-refractivity contribution in [2.75, 3.05) is 24.6 Å². The first-order valence-electron chi connectivity index (χ1n) is 7.55. The topological polar surface area (TPSA) is 69.6 Å². The second kappa shape index (κ2) is 7.24. The number of nitrogens with zero attached hydrogens (tertiary/aromatic N) is 1. The maximum absolute atomic E-state index is 12.0. The van der Waals surface area contributed by atoms with E-state index in [0.717, 1.165) is 37.9 Å². The van der Waals surface area contributed by atoms with E-state index in [1.807, 2.05) is 19.1 Å². The number of sulfonamides is 1. The molecule has 0 aliphatic carbocycles. The van der Waals surface area contributed by atoms with Crippen molar-refractivity contribution in [3.8, 4) is 0 Å². The predicted molar refractivity (Wildman–Crippen MR) is 84.0 cm³/mol. The molecule has 0 radical (unpaired) electrons. The Labute approximate surface area is 127 Å². The van der Waals surface area contributed by atoms with E-state index < -0.39 is 10.0 Å². The summed E-state index contributed by atoms with van der Waals surface area (Å²) in [6.45, 7) is 3.42. The summed E-state index contributed by atoms with van der Waals surface area (Å²) >= 11 is 0. The smallest absolute Gasteiger partial charge is 0.240 e. The van der Waals surface area contributed by atoms with E-state index in [2.05, 4.69) is 9.62 Å². The van der Waals surface area contributed by atoms with Crippen LogP contribution in [0, 0.1) is 0 Å². The number of aliphatic hydroxyl groups excluding tert-OH is 1. The summed E-state index contributed by atoms with van der Waals surface area (Å²) in [6, 6.07) is 7.06. The Kier molecular flexibility index (Phi) is 5.61. The highest BCUT2D eigenvalue weighted by atomic mass is 32.2. The van der Waals surface area contributed by atoms with Crippen LogP contribution in [0.15, 0.2) is 29.2 Å². The highest BCUT2D eigenvalue weighted by molar-refractivity contribution is 7.89. The van der Waals surface area contributed by atoms with Crippen LogP contribution in [0.1, 0.15) is 32.6 Å². The minimum atomic E-state index is -3.41. The van der Waals surface area contributed by atoms with Crippen molar-refractivity contribution in [3.63, 3.8) is 0 Å². The molecule has 1 aliphatic heterocycles. The van der Waals surface area contributed by atoms with Crippen LogP contribution in [-0.4, -0.2) is 39.3 Å². The van der Waals surface area contributed by atoms with Crippen LogP contribution in [0.5, 0.6) is 0 Å². The Morgan fingerprint density at radius 3 is 2.62 bits per heavy atom. The molecule has 2 N–H and O–H groups in total. The molecule has 0 spiro atoms. The first-order valence-corrected chi connectivity index (χ1v) is 9.04. The second-order valence-corrected chi connectivity index (χ2v) is 7.18. The van der Waals surface area contributed by atoms with Gasteiger partial charge in [0.05, 0.1) is 17.5 Å². The molecule has 0 bridgehead atoms. The number of aliphatic hydroxyl groups is 1. The van der Waals surface area contributed by atoms with Crippen LogP contribution in [0.25, 0.3) is 0 Å². The molecule has 1 fully saturated rings. The SMILES string of the molecule is CCCNS(=O)(=O)c1ccc(N2CCCCC2CO)cc1. The molecule has 1 unspecified atom stereocenters. The van der Waals surface area contributed by atoms with E-state index >= 15 is 0 Å². The van der Waals surface area contributed by atoms with Crippen LogP contribution in [0.2, 0.25) is 0 Å². The summed E-state index contributed by atoms with van der Waals surface area (Å²) in [5, 5.41) is 9.46. The van der Waals surface area contributed by atoms with Gasteiger partial charge in [-0.15, -0.1) is 0 Å². The fraction of sp³-hybridized carbons (Fsp3) is 0.600. The van der Waals surface area contributed by atoms with Gasteiger partial charge in [-0.3, -0.25) is 0 Å². The van der Waals surface area contributed by atoms with E-state index in [1.54, 1.807) is 12.1 Å². The van der Waals surface area contributed by atoms with Crippen LogP contribution in [0.4, 0.5) is 5.69 Å². The Bertz CT molecular complexity index is 543. The van der Waals surface area contributed by atoms with Gasteiger partial charge in [-0.05, 0) is 49.9 Å². The molecule has 1 heterocycles. The highest BCUT2D eigenvalue weighted by Crippen LogP contribution is 2.25. The third-order valence-electron chi connectivity index (χ3n) is 3.86. The molecule has 21 heavy (non-hydrogen) atoms. The number of rotatable bonds is 6. The van der Waals surface area contributed by atoms with E-state index in [4.69, 9.17) is 0 Å². The average molecular weight is 312 g/mol. The molecule has 5 nitrogen and oxygen atoms in total. The van der Waals surface area contributed by atoms with Crippen molar-refractivity contribution in [1.29, 1.82) is 0 Å². The van der Waals surface area contributed by atoms with E-state index in [1.165, 1.54) is 0 Å². The van der Waals surface area contributed by atoms with Crippen molar-refractivity contribution in [1.82, 2.24) is 4.72 Å². The molecule has 1 aromatic rings. The molecule has 1 aromatic carbocycles. The molecule has 0 amide bonds. The summed E-state index contributed by atoms with van der Waals surface area (Å²) < 4.78 is 26.6. The lowest BCUT2D eigenvalue weighted by atomic mass is 10.0. The lowest BCUT2D eigenvalue weighted by Crippen LogP contribution is -2.41. The fourth-order valence-corrected chi connectivity index (χ4v) is 3.80. The van der Waals surface area contributed by atoms with E-state index in [-0.39, 0.29) is 17.5 Å². The summed E-state index contributed by atoms with van der Waals surface area (Å²) in [4.78, 5) is 2.46. The number of nitrogens with one attached hydrogen (secondary N) is 1. The Morgan fingerprint density at radius 1 is 1.29 bits per heavy atom. The van der Waals surface area contributed by atoms with Crippen molar-refractivity contribution in [3.05, 3.63) is 24.3 Å². The normalized spacial score (nSPS) is 19.7. The Balaban J connectivity index is 2.14. The van der Waals surface area contributed by atoms with Gasteiger partial charge in [0.15, 0.2) is 0 Å². The number of piperidine rings is 1. The molecular weight excluding hydrogens is 288 g/mol. The standard InChI is InChI=1S/C15H24N2O3S/c1-2-10-16-21(19,20)15-8-6-13(7-9-15)17-11-4-3-5-14(17)12-18/h6-9,14,16,18H,2-5,10-12H2,1H3. The van der Waals surface area contributed by atoms with Gasteiger partial charge in [-0.1, -0.05) is 6.92 Å². The van der Waals surface area contributed by atoms with Crippen molar-refractivity contribution < 1.29 is 13.5 Å². The monoisotopic (exact) mass is 312 g/mol. The van der Waals surface area contributed by atoms with Gasteiger partial charge in [0.2, 0.25) is 10.0 Å². The summed E-state index contributed by atoms with van der Waals surface area (Å²) in [5.41, 5.74) is 0.975. The maximum Gasteiger partial charge on any atom is 0.240 e. The number of hydrogen-bond donors (Lipinski definition) is 2. The quantitative estimate of drug-likeness (QED) is 0.839. The van der Waals surface area contributed by atoms with Gasteiger partial charge in [-0.2, -0.15) is 0 Å².